The average molecular weight is 445 g/mol. The van der Waals surface area contributed by atoms with Gasteiger partial charge in [-0.3, -0.25) is 9.20 Å². The van der Waals surface area contributed by atoms with Crippen LogP contribution in [0.4, 0.5) is 23.4 Å². The van der Waals surface area contributed by atoms with Crippen LogP contribution in [0, 0.1) is 19.3 Å². The second-order valence-corrected chi connectivity index (χ2v) is 7.61. The topological polar surface area (TPSA) is 71.3 Å². The first-order valence-corrected chi connectivity index (χ1v) is 9.87. The van der Waals surface area contributed by atoms with Gasteiger partial charge < -0.3 is 10.6 Å². The van der Waals surface area contributed by atoms with E-state index >= 15 is 0 Å². The average Bonchev–Trinajstić information content (AvgIpc) is 3.24. The highest BCUT2D eigenvalue weighted by Crippen LogP contribution is 2.28. The number of anilines is 1. The number of carbonyl (C=O) groups is 1. The van der Waals surface area contributed by atoms with Crippen LogP contribution in [0.15, 0.2) is 30.6 Å². The van der Waals surface area contributed by atoms with E-state index in [2.05, 4.69) is 26.5 Å². The highest BCUT2D eigenvalue weighted by Gasteiger charge is 2.38. The highest BCUT2D eigenvalue weighted by molar-refractivity contribution is 5.96. The Morgan fingerprint density at radius 1 is 1.38 bits per heavy atom. The second kappa shape index (κ2) is 8.15. The van der Waals surface area contributed by atoms with E-state index in [1.165, 1.54) is 0 Å². The molecule has 0 radical (unpaired) electrons. The zero-order valence-corrected chi connectivity index (χ0v) is 17.0. The first-order chi connectivity index (χ1) is 15.2. The lowest BCUT2D eigenvalue weighted by molar-refractivity contribution is -0.131. The van der Waals surface area contributed by atoms with Crippen LogP contribution in [0.5, 0.6) is 0 Å². The van der Waals surface area contributed by atoms with E-state index in [9.17, 15) is 22.4 Å². The maximum Gasteiger partial charge on any atom is 0.390 e. The van der Waals surface area contributed by atoms with Crippen molar-refractivity contribution >= 4 is 17.4 Å². The molecule has 4 rings (SSSR count). The van der Waals surface area contributed by atoms with Crippen LogP contribution in [0.25, 0.3) is 16.9 Å². The van der Waals surface area contributed by atoms with Crippen LogP contribution in [0.3, 0.4) is 0 Å². The number of hydrogen-bond acceptors (Lipinski definition) is 4. The van der Waals surface area contributed by atoms with Crippen molar-refractivity contribution in [3.05, 3.63) is 47.4 Å². The number of halogens is 4. The molecule has 6 nitrogen and oxygen atoms in total. The fourth-order valence-corrected chi connectivity index (χ4v) is 3.35. The third-order valence-corrected chi connectivity index (χ3v) is 5.14. The molecule has 2 atom stereocenters. The van der Waals surface area contributed by atoms with Crippen molar-refractivity contribution in [1.29, 1.82) is 0 Å². The number of fused-ring (bicyclic) bond motifs is 1. The largest absolute Gasteiger partial charge is 0.390 e. The summed E-state index contributed by atoms with van der Waals surface area (Å²) in [6, 6.07) is 4.71. The number of imidazole rings is 1. The third kappa shape index (κ3) is 4.51. The summed E-state index contributed by atoms with van der Waals surface area (Å²) in [6.45, 7) is 1.39. The molecule has 10 heteroatoms. The van der Waals surface area contributed by atoms with Gasteiger partial charge in [0.1, 0.15) is 11.9 Å². The maximum absolute atomic E-state index is 13.1. The van der Waals surface area contributed by atoms with Gasteiger partial charge in [0.05, 0.1) is 24.4 Å². The Kier molecular flexibility index (Phi) is 5.50. The number of aromatic nitrogens is 3. The minimum Gasteiger partial charge on any atom is -0.367 e. The highest BCUT2D eigenvalue weighted by atomic mass is 19.4. The molecule has 32 heavy (non-hydrogen) atoms. The van der Waals surface area contributed by atoms with E-state index in [0.29, 0.717) is 28.9 Å². The van der Waals surface area contributed by atoms with Crippen molar-refractivity contribution in [3.8, 4) is 23.6 Å². The number of hydrogen-bond donors (Lipinski definition) is 2. The minimum atomic E-state index is -4.30. The van der Waals surface area contributed by atoms with Crippen molar-refractivity contribution in [3.63, 3.8) is 0 Å². The zero-order chi connectivity index (χ0) is 23.0. The van der Waals surface area contributed by atoms with Crippen LogP contribution >= 0.6 is 0 Å². The first kappa shape index (κ1) is 21.6. The van der Waals surface area contributed by atoms with E-state index < -0.39 is 24.8 Å². The summed E-state index contributed by atoms with van der Waals surface area (Å²) in [5.41, 5.74) is 3.01. The molecule has 1 aromatic carbocycles. The Balaban J connectivity index is 1.64. The van der Waals surface area contributed by atoms with Gasteiger partial charge in [-0.25, -0.2) is 14.4 Å². The Labute approximate surface area is 181 Å². The monoisotopic (exact) mass is 445 g/mol. The molecule has 2 aromatic heterocycles. The number of alkyl halides is 4. The summed E-state index contributed by atoms with van der Waals surface area (Å²) in [6.07, 6.45) is 2.60. The Hall–Kier alpha value is -3.61. The van der Waals surface area contributed by atoms with E-state index in [4.69, 9.17) is 6.42 Å². The molecule has 0 bridgehead atoms. The van der Waals surface area contributed by atoms with Gasteiger partial charge in [-0.1, -0.05) is 6.07 Å². The standard InChI is InChI=1S/C22H19F4N5O/c1-3-14-11-31-18(10-28-20(31)19(29-14)27-7-6-22(24,25)26)13-4-5-15(12(2)8-13)21(32)30-17-9-16(17)23/h1,4-5,8,10-11,16-17H,6-7,9H2,2H3,(H,27,29)(H,30,32)/t16-,17-/m0/s1. The van der Waals surface area contributed by atoms with Crippen molar-refractivity contribution < 1.29 is 22.4 Å². The molecule has 1 aliphatic carbocycles. The molecule has 166 valence electrons. The van der Waals surface area contributed by atoms with E-state index in [1.54, 1.807) is 41.9 Å². The third-order valence-electron chi connectivity index (χ3n) is 5.14. The molecule has 2 heterocycles. The Bertz CT molecular complexity index is 1230. The summed E-state index contributed by atoms with van der Waals surface area (Å²) >= 11 is 0. The number of nitrogens with zero attached hydrogens (tertiary/aromatic N) is 3. The van der Waals surface area contributed by atoms with Crippen LogP contribution in [-0.4, -0.2) is 45.2 Å². The lowest BCUT2D eigenvalue weighted by atomic mass is 10.0. The van der Waals surface area contributed by atoms with Gasteiger partial charge in [0.2, 0.25) is 0 Å². The predicted molar refractivity (Wildman–Crippen MR) is 111 cm³/mol. The number of carbonyl (C=O) groups excluding carboxylic acids is 1. The lowest BCUT2D eigenvalue weighted by Gasteiger charge is -2.11. The molecule has 2 N–H and O–H groups in total. The summed E-state index contributed by atoms with van der Waals surface area (Å²) in [5.74, 6) is 2.20. The van der Waals surface area contributed by atoms with Crippen molar-refractivity contribution in [2.75, 3.05) is 11.9 Å². The van der Waals surface area contributed by atoms with Gasteiger partial charge >= 0.3 is 6.18 Å². The normalized spacial score (nSPS) is 17.8. The molecule has 0 saturated heterocycles. The van der Waals surface area contributed by atoms with Crippen molar-refractivity contribution in [1.82, 2.24) is 19.7 Å². The molecule has 1 fully saturated rings. The van der Waals surface area contributed by atoms with Gasteiger partial charge in [0, 0.05) is 30.3 Å². The van der Waals surface area contributed by atoms with E-state index in [1.807, 2.05) is 0 Å². The van der Waals surface area contributed by atoms with Crippen molar-refractivity contribution in [2.24, 2.45) is 0 Å². The molecule has 1 saturated carbocycles. The summed E-state index contributed by atoms with van der Waals surface area (Å²) < 4.78 is 52.2. The first-order valence-electron chi connectivity index (χ1n) is 9.87. The summed E-state index contributed by atoms with van der Waals surface area (Å²) in [7, 11) is 0. The molecule has 1 amide bonds. The van der Waals surface area contributed by atoms with Crippen LogP contribution < -0.4 is 10.6 Å². The van der Waals surface area contributed by atoms with Gasteiger partial charge in [-0.05, 0) is 30.5 Å². The number of terminal acetylenes is 1. The number of aryl methyl sites for hydroxylation is 1. The molecule has 0 unspecified atom stereocenters. The Morgan fingerprint density at radius 3 is 2.75 bits per heavy atom. The summed E-state index contributed by atoms with van der Waals surface area (Å²) in [4.78, 5) is 20.8. The molecule has 3 aromatic rings. The van der Waals surface area contributed by atoms with Crippen LogP contribution in [0.2, 0.25) is 0 Å². The lowest BCUT2D eigenvalue weighted by Crippen LogP contribution is -2.27. The fourth-order valence-electron chi connectivity index (χ4n) is 3.35. The predicted octanol–water partition coefficient (Wildman–Crippen LogP) is 3.89. The van der Waals surface area contributed by atoms with Gasteiger partial charge in [0.15, 0.2) is 11.5 Å². The molecular formula is C22H19F4N5O. The molecule has 1 aliphatic rings. The SMILES string of the molecule is C#Cc1cn2c(-c3ccc(C(=O)N[C@H]4C[C@@H]4F)c(C)c3)cnc2c(NCCC(F)(F)F)n1. The van der Waals surface area contributed by atoms with Crippen LogP contribution in [-0.2, 0) is 0 Å². The Morgan fingerprint density at radius 2 is 2.12 bits per heavy atom. The van der Waals surface area contributed by atoms with E-state index in [0.717, 1.165) is 5.56 Å². The number of benzene rings is 1. The number of amides is 1. The minimum absolute atomic E-state index is 0.147. The van der Waals surface area contributed by atoms with Crippen LogP contribution in [0.1, 0.15) is 34.5 Å². The molecule has 0 aliphatic heterocycles. The second-order valence-electron chi connectivity index (χ2n) is 7.61. The molecular weight excluding hydrogens is 426 g/mol. The van der Waals surface area contributed by atoms with Gasteiger partial charge in [-0.15, -0.1) is 6.42 Å². The molecule has 0 spiro atoms. The fraction of sp³-hybridized carbons (Fsp3) is 0.318. The number of rotatable bonds is 6. The van der Waals surface area contributed by atoms with Crippen molar-refractivity contribution in [2.45, 2.75) is 38.2 Å². The van der Waals surface area contributed by atoms with Gasteiger partial charge in [-0.2, -0.15) is 13.2 Å². The maximum atomic E-state index is 13.1. The number of nitrogens with one attached hydrogen (secondary N) is 2. The van der Waals surface area contributed by atoms with E-state index in [-0.39, 0.29) is 24.0 Å². The van der Waals surface area contributed by atoms with Gasteiger partial charge in [0.25, 0.3) is 5.91 Å². The smallest absolute Gasteiger partial charge is 0.367 e. The zero-order valence-electron chi connectivity index (χ0n) is 17.0. The quantitative estimate of drug-likeness (QED) is 0.446. The summed E-state index contributed by atoms with van der Waals surface area (Å²) in [5, 5.41) is 5.30.